The number of hydrogen-bond donors (Lipinski definition) is 0. The van der Waals surface area contributed by atoms with Crippen LogP contribution in [0.1, 0.15) is 13.8 Å². The molecule has 2 nitrogen and oxygen atoms in total. The fraction of sp³-hybridized carbons (Fsp3) is 0.571. The second kappa shape index (κ2) is 3.08. The predicted molar refractivity (Wildman–Crippen MR) is 50.1 cm³/mol. The third-order valence-corrected chi connectivity index (χ3v) is 1.70. The van der Waals surface area contributed by atoms with E-state index in [4.69, 9.17) is 0 Å². The molecule has 0 aromatic carbocycles. The molecule has 0 amide bonds. The van der Waals surface area contributed by atoms with Crippen LogP contribution in [0.15, 0.2) is 12.4 Å². The molecule has 0 bridgehead atoms. The number of hydrogen-bond acceptors (Lipinski definition) is 1. The Labute approximate surface area is 78.9 Å². The summed E-state index contributed by atoms with van der Waals surface area (Å²) in [4.78, 5) is 0. The number of rotatable bonds is 2. The van der Waals surface area contributed by atoms with Crippen LogP contribution < -0.4 is 0 Å². The van der Waals surface area contributed by atoms with E-state index in [0.717, 1.165) is 3.57 Å². The third-order valence-electron chi connectivity index (χ3n) is 1.14. The van der Waals surface area contributed by atoms with Gasteiger partial charge in [0.2, 0.25) is 0 Å². The monoisotopic (exact) mass is 268 g/mol. The summed E-state index contributed by atoms with van der Waals surface area (Å²) in [5.41, 5.74) is -1.19. The molecule has 1 rings (SSSR count). The number of nitrogens with zero attached hydrogens (tertiary/aromatic N) is 2. The van der Waals surface area contributed by atoms with Gasteiger partial charge in [-0.3, -0.25) is 4.68 Å². The van der Waals surface area contributed by atoms with Gasteiger partial charge in [-0.1, -0.05) is 0 Å². The van der Waals surface area contributed by atoms with Crippen LogP contribution in [0, 0.1) is 3.57 Å². The van der Waals surface area contributed by atoms with Crippen molar-refractivity contribution in [2.24, 2.45) is 0 Å². The zero-order valence-electron chi connectivity index (χ0n) is 6.51. The van der Waals surface area contributed by atoms with Crippen molar-refractivity contribution in [3.05, 3.63) is 16.0 Å². The summed E-state index contributed by atoms with van der Waals surface area (Å²) in [5, 5.41) is 3.97. The summed E-state index contributed by atoms with van der Waals surface area (Å²) in [7, 11) is 0. The van der Waals surface area contributed by atoms with E-state index >= 15 is 0 Å². The quantitative estimate of drug-likeness (QED) is 0.752. The topological polar surface area (TPSA) is 17.8 Å². The SMILES string of the molecule is CC(C)(F)Cn1cc(I)cn1. The number of alkyl halides is 1. The van der Waals surface area contributed by atoms with Gasteiger partial charge in [0, 0.05) is 6.20 Å². The van der Waals surface area contributed by atoms with E-state index < -0.39 is 5.67 Å². The summed E-state index contributed by atoms with van der Waals surface area (Å²) in [6.45, 7) is 3.40. The smallest absolute Gasteiger partial charge is 0.124 e. The summed E-state index contributed by atoms with van der Waals surface area (Å²) >= 11 is 2.15. The number of aromatic nitrogens is 2. The van der Waals surface area contributed by atoms with Crippen LogP contribution in [-0.4, -0.2) is 15.4 Å². The maximum atomic E-state index is 13.0. The average Bonchev–Trinajstić information content (AvgIpc) is 2.10. The molecule has 0 aliphatic rings. The molecule has 0 saturated carbocycles. The molecule has 0 saturated heterocycles. The lowest BCUT2D eigenvalue weighted by molar-refractivity contribution is 0.179. The van der Waals surface area contributed by atoms with E-state index in [-0.39, 0.29) is 0 Å². The van der Waals surface area contributed by atoms with Gasteiger partial charge >= 0.3 is 0 Å². The molecule has 0 unspecified atom stereocenters. The Bertz CT molecular complexity index is 239. The van der Waals surface area contributed by atoms with Gasteiger partial charge < -0.3 is 0 Å². The van der Waals surface area contributed by atoms with Crippen molar-refractivity contribution in [1.29, 1.82) is 0 Å². The molecule has 11 heavy (non-hydrogen) atoms. The highest BCUT2D eigenvalue weighted by Crippen LogP contribution is 2.11. The molecule has 0 N–H and O–H groups in total. The first-order valence-electron chi connectivity index (χ1n) is 3.34. The molecule has 1 aromatic heterocycles. The molecular weight excluding hydrogens is 258 g/mol. The standard InChI is InChI=1S/C7H10FIN2/c1-7(2,8)5-11-4-6(9)3-10-11/h3-4H,5H2,1-2H3. The highest BCUT2D eigenvalue weighted by molar-refractivity contribution is 14.1. The van der Waals surface area contributed by atoms with Crippen molar-refractivity contribution >= 4 is 22.6 Å². The van der Waals surface area contributed by atoms with Crippen molar-refractivity contribution in [2.75, 3.05) is 0 Å². The lowest BCUT2D eigenvalue weighted by Crippen LogP contribution is -2.20. The van der Waals surface area contributed by atoms with Crippen LogP contribution in [0.3, 0.4) is 0 Å². The van der Waals surface area contributed by atoms with Crippen molar-refractivity contribution < 1.29 is 4.39 Å². The van der Waals surface area contributed by atoms with Gasteiger partial charge in [-0.15, -0.1) is 0 Å². The largest absolute Gasteiger partial charge is 0.268 e. The van der Waals surface area contributed by atoms with E-state index in [2.05, 4.69) is 27.7 Å². The predicted octanol–water partition coefficient (Wildman–Crippen LogP) is 2.24. The number of halogens is 2. The van der Waals surface area contributed by atoms with Crippen LogP contribution in [-0.2, 0) is 6.54 Å². The van der Waals surface area contributed by atoms with E-state index in [1.165, 1.54) is 0 Å². The highest BCUT2D eigenvalue weighted by Gasteiger charge is 2.16. The summed E-state index contributed by atoms with van der Waals surface area (Å²) in [6, 6.07) is 0. The van der Waals surface area contributed by atoms with Gasteiger partial charge in [-0.25, -0.2) is 4.39 Å². The Hall–Kier alpha value is -0.130. The molecule has 0 spiro atoms. The van der Waals surface area contributed by atoms with E-state index in [9.17, 15) is 4.39 Å². The minimum absolute atomic E-state index is 0.315. The fourth-order valence-corrected chi connectivity index (χ4v) is 1.26. The Morgan fingerprint density at radius 1 is 1.73 bits per heavy atom. The molecule has 0 fully saturated rings. The van der Waals surface area contributed by atoms with Crippen LogP contribution in [0.5, 0.6) is 0 Å². The first-order chi connectivity index (χ1) is 4.97. The molecule has 0 aliphatic carbocycles. The molecular formula is C7H10FIN2. The first kappa shape index (κ1) is 8.96. The second-order valence-corrected chi connectivity index (χ2v) is 4.32. The molecule has 0 radical (unpaired) electrons. The van der Waals surface area contributed by atoms with E-state index in [0.29, 0.717) is 6.54 Å². The first-order valence-corrected chi connectivity index (χ1v) is 4.42. The molecule has 0 atom stereocenters. The summed E-state index contributed by atoms with van der Waals surface area (Å²) < 4.78 is 15.7. The van der Waals surface area contributed by atoms with Gasteiger partial charge in [0.1, 0.15) is 5.67 Å². The Balaban J connectivity index is 2.65. The van der Waals surface area contributed by atoms with Gasteiger partial charge in [0.15, 0.2) is 0 Å². The van der Waals surface area contributed by atoms with Crippen molar-refractivity contribution in [2.45, 2.75) is 26.1 Å². The van der Waals surface area contributed by atoms with E-state index in [1.54, 1.807) is 24.7 Å². The zero-order valence-corrected chi connectivity index (χ0v) is 8.67. The minimum atomic E-state index is -1.19. The van der Waals surface area contributed by atoms with Crippen molar-refractivity contribution in [3.8, 4) is 0 Å². The van der Waals surface area contributed by atoms with Crippen LogP contribution in [0.2, 0.25) is 0 Å². The summed E-state index contributed by atoms with van der Waals surface area (Å²) in [5.74, 6) is 0. The third kappa shape index (κ3) is 3.18. The maximum absolute atomic E-state index is 13.0. The van der Waals surface area contributed by atoms with E-state index in [1.807, 2.05) is 6.20 Å². The maximum Gasteiger partial charge on any atom is 0.124 e. The second-order valence-electron chi connectivity index (χ2n) is 3.07. The van der Waals surface area contributed by atoms with Gasteiger partial charge in [0.25, 0.3) is 0 Å². The van der Waals surface area contributed by atoms with Crippen LogP contribution >= 0.6 is 22.6 Å². The molecule has 0 aliphatic heterocycles. The highest BCUT2D eigenvalue weighted by atomic mass is 127. The average molecular weight is 268 g/mol. The Kier molecular flexibility index (Phi) is 2.51. The molecule has 62 valence electrons. The fourth-order valence-electron chi connectivity index (χ4n) is 0.810. The summed E-state index contributed by atoms with van der Waals surface area (Å²) in [6.07, 6.45) is 3.54. The lowest BCUT2D eigenvalue weighted by atomic mass is 10.2. The normalized spacial score (nSPS) is 12.0. The van der Waals surface area contributed by atoms with Gasteiger partial charge in [-0.2, -0.15) is 5.10 Å². The van der Waals surface area contributed by atoms with Crippen LogP contribution in [0.25, 0.3) is 0 Å². The lowest BCUT2D eigenvalue weighted by Gasteiger charge is -2.12. The Morgan fingerprint density at radius 3 is 2.73 bits per heavy atom. The Morgan fingerprint density at radius 2 is 2.36 bits per heavy atom. The van der Waals surface area contributed by atoms with Crippen molar-refractivity contribution in [1.82, 2.24) is 9.78 Å². The zero-order chi connectivity index (χ0) is 8.48. The van der Waals surface area contributed by atoms with Gasteiger partial charge in [0.05, 0.1) is 16.3 Å². The molecule has 4 heteroatoms. The van der Waals surface area contributed by atoms with Crippen molar-refractivity contribution in [3.63, 3.8) is 0 Å². The van der Waals surface area contributed by atoms with Gasteiger partial charge in [-0.05, 0) is 36.4 Å². The molecule has 1 heterocycles. The molecule has 1 aromatic rings. The van der Waals surface area contributed by atoms with Crippen LogP contribution in [0.4, 0.5) is 4.39 Å². The minimum Gasteiger partial charge on any atom is -0.268 e.